The van der Waals surface area contributed by atoms with E-state index in [1.807, 2.05) is 43.3 Å². The third-order valence-electron chi connectivity index (χ3n) is 3.54. The van der Waals surface area contributed by atoms with Gasteiger partial charge in [0, 0.05) is 5.02 Å². The molecular weight excluding hydrogens is 292 g/mol. The molecule has 22 heavy (non-hydrogen) atoms. The SMILES string of the molecule is CCOc1cccc(-c2ccc(-c3ccc(Cl)cc3)cc2)c1. The van der Waals surface area contributed by atoms with Crippen molar-refractivity contribution in [1.29, 1.82) is 0 Å². The van der Waals surface area contributed by atoms with Gasteiger partial charge < -0.3 is 4.74 Å². The molecule has 110 valence electrons. The normalized spacial score (nSPS) is 10.5. The average Bonchev–Trinajstić information content (AvgIpc) is 2.56. The Morgan fingerprint density at radius 3 is 1.86 bits per heavy atom. The summed E-state index contributed by atoms with van der Waals surface area (Å²) in [6, 6.07) is 24.6. The molecule has 3 aromatic carbocycles. The molecule has 0 aliphatic carbocycles. The maximum atomic E-state index is 5.93. The second-order valence-corrected chi connectivity index (χ2v) is 5.48. The van der Waals surface area contributed by atoms with E-state index < -0.39 is 0 Å². The van der Waals surface area contributed by atoms with E-state index in [0.717, 1.165) is 16.3 Å². The second-order valence-electron chi connectivity index (χ2n) is 5.05. The van der Waals surface area contributed by atoms with Crippen LogP contribution in [0.1, 0.15) is 6.92 Å². The van der Waals surface area contributed by atoms with Gasteiger partial charge in [-0.15, -0.1) is 0 Å². The molecule has 3 rings (SSSR count). The Balaban J connectivity index is 1.87. The molecule has 1 nitrogen and oxygen atoms in total. The van der Waals surface area contributed by atoms with Gasteiger partial charge in [0.25, 0.3) is 0 Å². The summed E-state index contributed by atoms with van der Waals surface area (Å²) < 4.78 is 5.56. The molecule has 0 bridgehead atoms. The van der Waals surface area contributed by atoms with Crippen molar-refractivity contribution in [3.63, 3.8) is 0 Å². The van der Waals surface area contributed by atoms with Crippen LogP contribution in [-0.4, -0.2) is 6.61 Å². The molecule has 0 aliphatic rings. The zero-order chi connectivity index (χ0) is 15.4. The molecule has 0 N–H and O–H groups in total. The predicted octanol–water partition coefficient (Wildman–Crippen LogP) is 6.07. The molecular formula is C20H17ClO. The molecule has 0 heterocycles. The van der Waals surface area contributed by atoms with Crippen molar-refractivity contribution in [2.45, 2.75) is 6.92 Å². The summed E-state index contributed by atoms with van der Waals surface area (Å²) in [7, 11) is 0. The smallest absolute Gasteiger partial charge is 0.119 e. The van der Waals surface area contributed by atoms with Crippen LogP contribution in [0.15, 0.2) is 72.8 Å². The lowest BCUT2D eigenvalue weighted by molar-refractivity contribution is 0.340. The number of benzene rings is 3. The summed E-state index contributed by atoms with van der Waals surface area (Å²) in [5, 5.41) is 0.758. The number of hydrogen-bond donors (Lipinski definition) is 0. The van der Waals surface area contributed by atoms with Gasteiger partial charge >= 0.3 is 0 Å². The first-order chi connectivity index (χ1) is 10.8. The molecule has 0 saturated carbocycles. The Bertz CT molecular complexity index is 745. The van der Waals surface area contributed by atoms with Crippen molar-refractivity contribution >= 4 is 11.6 Å². The molecule has 0 amide bonds. The highest BCUT2D eigenvalue weighted by Crippen LogP contribution is 2.27. The molecule has 3 aromatic rings. The largest absolute Gasteiger partial charge is 0.494 e. The van der Waals surface area contributed by atoms with Gasteiger partial charge in [-0.2, -0.15) is 0 Å². The van der Waals surface area contributed by atoms with Gasteiger partial charge in [0.2, 0.25) is 0 Å². The Hall–Kier alpha value is -2.25. The highest BCUT2D eigenvalue weighted by molar-refractivity contribution is 6.30. The van der Waals surface area contributed by atoms with Gasteiger partial charge in [0.1, 0.15) is 5.75 Å². The minimum absolute atomic E-state index is 0.680. The first-order valence-corrected chi connectivity index (χ1v) is 7.73. The fraction of sp³-hybridized carbons (Fsp3) is 0.100. The molecule has 0 aromatic heterocycles. The summed E-state index contributed by atoms with van der Waals surface area (Å²) in [5.41, 5.74) is 4.69. The van der Waals surface area contributed by atoms with Gasteiger partial charge in [0.05, 0.1) is 6.61 Å². The number of rotatable bonds is 4. The number of hydrogen-bond acceptors (Lipinski definition) is 1. The van der Waals surface area contributed by atoms with E-state index in [-0.39, 0.29) is 0 Å². The van der Waals surface area contributed by atoms with Crippen molar-refractivity contribution in [1.82, 2.24) is 0 Å². The lowest BCUT2D eigenvalue weighted by atomic mass is 10.0. The van der Waals surface area contributed by atoms with Crippen LogP contribution in [0, 0.1) is 0 Å². The van der Waals surface area contributed by atoms with Gasteiger partial charge in [-0.3, -0.25) is 0 Å². The fourth-order valence-electron chi connectivity index (χ4n) is 2.43. The van der Waals surface area contributed by atoms with Gasteiger partial charge in [-0.05, 0) is 53.4 Å². The number of ether oxygens (including phenoxy) is 1. The van der Waals surface area contributed by atoms with Crippen LogP contribution >= 0.6 is 11.6 Å². The lowest BCUT2D eigenvalue weighted by Gasteiger charge is -2.08. The Labute approximate surface area is 136 Å². The zero-order valence-electron chi connectivity index (χ0n) is 12.4. The highest BCUT2D eigenvalue weighted by Gasteiger charge is 2.02. The van der Waals surface area contributed by atoms with Gasteiger partial charge in [-0.25, -0.2) is 0 Å². The van der Waals surface area contributed by atoms with Crippen LogP contribution in [-0.2, 0) is 0 Å². The second kappa shape index (κ2) is 6.67. The minimum Gasteiger partial charge on any atom is -0.494 e. The van der Waals surface area contributed by atoms with Crippen molar-refractivity contribution in [2.24, 2.45) is 0 Å². The maximum absolute atomic E-state index is 5.93. The lowest BCUT2D eigenvalue weighted by Crippen LogP contribution is -1.91. The van der Waals surface area contributed by atoms with E-state index in [9.17, 15) is 0 Å². The standard InChI is InChI=1S/C20H17ClO/c1-2-22-20-5-3-4-18(14-20)17-8-6-15(7-9-17)16-10-12-19(21)13-11-16/h3-14H,2H2,1H3. The summed E-state index contributed by atoms with van der Waals surface area (Å²) in [5.74, 6) is 0.904. The molecule has 0 fully saturated rings. The molecule has 0 aliphatic heterocycles. The Kier molecular flexibility index (Phi) is 4.45. The minimum atomic E-state index is 0.680. The molecule has 0 radical (unpaired) electrons. The topological polar surface area (TPSA) is 9.23 Å². The quantitative estimate of drug-likeness (QED) is 0.568. The highest BCUT2D eigenvalue weighted by atomic mass is 35.5. The molecule has 0 unspecified atom stereocenters. The van der Waals surface area contributed by atoms with Crippen LogP contribution in [0.25, 0.3) is 22.3 Å². The molecule has 0 spiro atoms. The van der Waals surface area contributed by atoms with Crippen LogP contribution in [0.5, 0.6) is 5.75 Å². The van der Waals surface area contributed by atoms with Crippen molar-refractivity contribution in [2.75, 3.05) is 6.61 Å². The van der Waals surface area contributed by atoms with E-state index in [1.54, 1.807) is 0 Å². The predicted molar refractivity (Wildman–Crippen MR) is 93.5 cm³/mol. The first kappa shape index (κ1) is 14.7. The van der Waals surface area contributed by atoms with Crippen LogP contribution in [0.4, 0.5) is 0 Å². The Morgan fingerprint density at radius 2 is 1.27 bits per heavy atom. The monoisotopic (exact) mass is 308 g/mol. The molecule has 0 atom stereocenters. The molecule has 0 saturated heterocycles. The summed E-state index contributed by atoms with van der Waals surface area (Å²) in [4.78, 5) is 0. The molecule has 2 heteroatoms. The maximum Gasteiger partial charge on any atom is 0.119 e. The number of halogens is 1. The first-order valence-electron chi connectivity index (χ1n) is 7.35. The fourth-order valence-corrected chi connectivity index (χ4v) is 2.56. The van der Waals surface area contributed by atoms with Crippen molar-refractivity contribution in [3.05, 3.63) is 77.8 Å². The summed E-state index contributed by atoms with van der Waals surface area (Å²) in [6.45, 7) is 2.67. The summed E-state index contributed by atoms with van der Waals surface area (Å²) in [6.07, 6.45) is 0. The Morgan fingerprint density at radius 1 is 0.727 bits per heavy atom. The van der Waals surface area contributed by atoms with Crippen molar-refractivity contribution in [3.8, 4) is 28.0 Å². The third kappa shape index (κ3) is 3.32. The van der Waals surface area contributed by atoms with E-state index in [1.165, 1.54) is 16.7 Å². The van der Waals surface area contributed by atoms with Crippen LogP contribution < -0.4 is 4.74 Å². The van der Waals surface area contributed by atoms with Crippen molar-refractivity contribution < 1.29 is 4.74 Å². The van der Waals surface area contributed by atoms with Crippen LogP contribution in [0.3, 0.4) is 0 Å². The van der Waals surface area contributed by atoms with E-state index in [2.05, 4.69) is 36.4 Å². The van der Waals surface area contributed by atoms with Gasteiger partial charge in [-0.1, -0.05) is 60.1 Å². The van der Waals surface area contributed by atoms with E-state index in [0.29, 0.717) is 6.61 Å². The van der Waals surface area contributed by atoms with E-state index in [4.69, 9.17) is 16.3 Å². The van der Waals surface area contributed by atoms with Gasteiger partial charge in [0.15, 0.2) is 0 Å². The average molecular weight is 309 g/mol. The van der Waals surface area contributed by atoms with E-state index >= 15 is 0 Å². The van der Waals surface area contributed by atoms with Crippen LogP contribution in [0.2, 0.25) is 5.02 Å². The zero-order valence-corrected chi connectivity index (χ0v) is 13.2. The third-order valence-corrected chi connectivity index (χ3v) is 3.79. The summed E-state index contributed by atoms with van der Waals surface area (Å²) >= 11 is 5.93.